The third-order valence-corrected chi connectivity index (χ3v) is 6.22. The minimum atomic E-state index is -0.438. The number of methoxy groups -OCH3 is 1. The number of benzene rings is 3. The molecule has 35 heavy (non-hydrogen) atoms. The normalized spacial score (nSPS) is 17.5. The van der Waals surface area contributed by atoms with Gasteiger partial charge in [-0.1, -0.05) is 42.5 Å². The molecule has 0 spiro atoms. The summed E-state index contributed by atoms with van der Waals surface area (Å²) in [7, 11) is 1.60. The number of hydrogen-bond acceptors (Lipinski definition) is 6. The second-order valence-electron chi connectivity index (χ2n) is 8.37. The van der Waals surface area contributed by atoms with Crippen LogP contribution in [-0.4, -0.2) is 18.9 Å². The van der Waals surface area contributed by atoms with Crippen LogP contribution in [-0.2, 0) is 4.79 Å². The van der Waals surface area contributed by atoms with Crippen molar-refractivity contribution < 1.29 is 28.2 Å². The van der Waals surface area contributed by atoms with E-state index < -0.39 is 5.92 Å². The summed E-state index contributed by atoms with van der Waals surface area (Å²) < 4.78 is 23.0. The Morgan fingerprint density at radius 2 is 1.69 bits per heavy atom. The molecular formula is C29H20O6. The second-order valence-corrected chi connectivity index (χ2v) is 8.37. The largest absolute Gasteiger partial charge is 0.497 e. The molecule has 0 fully saturated rings. The van der Waals surface area contributed by atoms with Crippen LogP contribution in [0.3, 0.4) is 0 Å². The van der Waals surface area contributed by atoms with Crippen LogP contribution in [0.2, 0.25) is 0 Å². The average Bonchev–Trinajstić information content (AvgIpc) is 3.50. The fourth-order valence-corrected chi connectivity index (χ4v) is 4.50. The third-order valence-electron chi connectivity index (χ3n) is 6.22. The first kappa shape index (κ1) is 21.0. The molecule has 0 amide bonds. The Morgan fingerprint density at radius 1 is 0.886 bits per heavy atom. The zero-order chi connectivity index (χ0) is 23.9. The molecule has 1 unspecified atom stereocenters. The van der Waals surface area contributed by atoms with E-state index in [0.717, 1.165) is 16.9 Å². The van der Waals surface area contributed by atoms with E-state index in [2.05, 4.69) is 0 Å². The lowest BCUT2D eigenvalue weighted by Crippen LogP contribution is -2.21. The lowest BCUT2D eigenvalue weighted by molar-refractivity contribution is -0.135. The van der Waals surface area contributed by atoms with Crippen LogP contribution in [0.5, 0.6) is 17.2 Å². The average molecular weight is 464 g/mol. The molecule has 172 valence electrons. The Hall–Kier alpha value is -4.58. The summed E-state index contributed by atoms with van der Waals surface area (Å²) in [5.74, 6) is 2.00. The van der Waals surface area contributed by atoms with Crippen molar-refractivity contribution in [3.63, 3.8) is 0 Å². The minimum absolute atomic E-state index is 0.0836. The molecule has 0 N–H and O–H groups in total. The van der Waals surface area contributed by atoms with Gasteiger partial charge in [-0.2, -0.15) is 0 Å². The van der Waals surface area contributed by atoms with E-state index in [0.29, 0.717) is 34.1 Å². The number of Topliss-reactive ketones (excluding diaryl/α,β-unsaturated/α-hetero) is 1. The van der Waals surface area contributed by atoms with Gasteiger partial charge in [0.1, 0.15) is 28.8 Å². The Kier molecular flexibility index (Phi) is 4.99. The van der Waals surface area contributed by atoms with E-state index in [1.54, 1.807) is 25.3 Å². The number of fused-ring (bicyclic) bond motifs is 3. The van der Waals surface area contributed by atoms with Gasteiger partial charge in [-0.15, -0.1) is 0 Å². The highest BCUT2D eigenvalue weighted by molar-refractivity contribution is 6.15. The number of rotatable bonds is 4. The van der Waals surface area contributed by atoms with Crippen molar-refractivity contribution in [1.82, 2.24) is 0 Å². The SMILES string of the molecule is COc1ccc(C=C2Oc3c(ccc4c3C(c3ccc(-c5ccccc5)o3)CC(=O)O4)C2=O)cc1. The summed E-state index contributed by atoms with van der Waals surface area (Å²) in [5.41, 5.74) is 2.81. The minimum Gasteiger partial charge on any atom is -0.497 e. The van der Waals surface area contributed by atoms with Gasteiger partial charge in [-0.3, -0.25) is 9.59 Å². The summed E-state index contributed by atoms with van der Waals surface area (Å²) in [6.07, 6.45) is 1.78. The van der Waals surface area contributed by atoms with Gasteiger partial charge in [0.05, 0.1) is 25.0 Å². The van der Waals surface area contributed by atoms with E-state index in [1.165, 1.54) is 0 Å². The molecule has 3 aromatic carbocycles. The van der Waals surface area contributed by atoms with Crippen molar-refractivity contribution in [3.8, 4) is 28.6 Å². The molecule has 1 aromatic heterocycles. The summed E-state index contributed by atoms with van der Waals surface area (Å²) in [6, 6.07) is 24.1. The van der Waals surface area contributed by atoms with Crippen molar-refractivity contribution in [2.45, 2.75) is 12.3 Å². The van der Waals surface area contributed by atoms with Crippen LogP contribution in [0.1, 0.15) is 39.6 Å². The summed E-state index contributed by atoms with van der Waals surface area (Å²) >= 11 is 0. The van der Waals surface area contributed by atoms with Gasteiger partial charge in [0.15, 0.2) is 5.76 Å². The summed E-state index contributed by atoms with van der Waals surface area (Å²) in [4.78, 5) is 25.6. The highest BCUT2D eigenvalue weighted by Gasteiger charge is 2.39. The molecule has 0 saturated carbocycles. The van der Waals surface area contributed by atoms with E-state index in [9.17, 15) is 9.59 Å². The van der Waals surface area contributed by atoms with E-state index >= 15 is 0 Å². The van der Waals surface area contributed by atoms with Crippen molar-refractivity contribution in [1.29, 1.82) is 0 Å². The van der Waals surface area contributed by atoms with Gasteiger partial charge in [0, 0.05) is 11.1 Å². The van der Waals surface area contributed by atoms with Crippen molar-refractivity contribution in [2.75, 3.05) is 7.11 Å². The zero-order valence-electron chi connectivity index (χ0n) is 18.8. The molecule has 2 aliphatic rings. The Labute approximate surface area is 201 Å². The molecule has 0 aliphatic carbocycles. The first-order chi connectivity index (χ1) is 17.1. The Bertz CT molecular complexity index is 1480. The van der Waals surface area contributed by atoms with Crippen LogP contribution in [0.4, 0.5) is 0 Å². The molecule has 6 nitrogen and oxygen atoms in total. The van der Waals surface area contributed by atoms with Crippen LogP contribution in [0.25, 0.3) is 17.4 Å². The number of carbonyl (C=O) groups is 2. The predicted octanol–water partition coefficient (Wildman–Crippen LogP) is 6.01. The van der Waals surface area contributed by atoms with Crippen molar-refractivity contribution in [3.05, 3.63) is 107 Å². The number of esters is 1. The lowest BCUT2D eigenvalue weighted by atomic mass is 9.88. The molecule has 2 aliphatic heterocycles. The second kappa shape index (κ2) is 8.33. The van der Waals surface area contributed by atoms with Crippen LogP contribution in [0, 0.1) is 0 Å². The topological polar surface area (TPSA) is 75.0 Å². The smallest absolute Gasteiger partial charge is 0.312 e. The number of ether oxygens (including phenoxy) is 3. The molecule has 1 atom stereocenters. The van der Waals surface area contributed by atoms with Gasteiger partial charge in [0.2, 0.25) is 5.78 Å². The lowest BCUT2D eigenvalue weighted by Gasteiger charge is -2.24. The van der Waals surface area contributed by atoms with Crippen LogP contribution in [0.15, 0.2) is 89.0 Å². The fourth-order valence-electron chi connectivity index (χ4n) is 4.50. The van der Waals surface area contributed by atoms with Gasteiger partial charge >= 0.3 is 5.97 Å². The molecule has 0 radical (unpaired) electrons. The first-order valence-electron chi connectivity index (χ1n) is 11.2. The highest BCUT2D eigenvalue weighted by Crippen LogP contribution is 2.49. The summed E-state index contributed by atoms with van der Waals surface area (Å²) in [5, 5.41) is 0. The summed E-state index contributed by atoms with van der Waals surface area (Å²) in [6.45, 7) is 0. The fraction of sp³-hybridized carbons (Fsp3) is 0.103. The molecule has 0 bridgehead atoms. The highest BCUT2D eigenvalue weighted by atomic mass is 16.5. The van der Waals surface area contributed by atoms with Gasteiger partial charge in [-0.05, 0) is 48.0 Å². The molecule has 6 rings (SSSR count). The maximum Gasteiger partial charge on any atom is 0.312 e. The Morgan fingerprint density at radius 3 is 2.46 bits per heavy atom. The standard InChI is InChI=1S/C29H20O6/c1-32-19-9-7-17(8-10-19)15-25-28(31)20-11-12-24-27(29(20)35-25)21(16-26(30)34-24)23-14-13-22(33-23)18-5-3-2-4-6-18/h2-15,21H,16H2,1H3. The number of furan rings is 1. The quantitative estimate of drug-likeness (QED) is 0.209. The Balaban J connectivity index is 1.40. The van der Waals surface area contributed by atoms with Gasteiger partial charge in [0.25, 0.3) is 0 Å². The van der Waals surface area contributed by atoms with Crippen LogP contribution >= 0.6 is 0 Å². The van der Waals surface area contributed by atoms with E-state index in [4.69, 9.17) is 18.6 Å². The predicted molar refractivity (Wildman–Crippen MR) is 129 cm³/mol. The van der Waals surface area contributed by atoms with E-state index in [-0.39, 0.29) is 23.9 Å². The molecule has 6 heteroatoms. The molecule has 4 aromatic rings. The maximum atomic E-state index is 13.2. The van der Waals surface area contributed by atoms with Crippen LogP contribution < -0.4 is 14.2 Å². The molecular weight excluding hydrogens is 444 g/mol. The maximum absolute atomic E-state index is 13.2. The molecule has 3 heterocycles. The van der Waals surface area contributed by atoms with Gasteiger partial charge in [-0.25, -0.2) is 0 Å². The molecule has 0 saturated heterocycles. The number of hydrogen-bond donors (Lipinski definition) is 0. The number of carbonyl (C=O) groups excluding carboxylic acids is 2. The van der Waals surface area contributed by atoms with Gasteiger partial charge < -0.3 is 18.6 Å². The third kappa shape index (κ3) is 3.69. The van der Waals surface area contributed by atoms with Crippen molar-refractivity contribution in [2.24, 2.45) is 0 Å². The number of allylic oxidation sites excluding steroid dienone is 1. The zero-order valence-corrected chi connectivity index (χ0v) is 18.8. The van der Waals surface area contributed by atoms with Crippen molar-refractivity contribution >= 4 is 17.8 Å². The number of ketones is 1. The van der Waals surface area contributed by atoms with E-state index in [1.807, 2.05) is 66.7 Å². The first-order valence-corrected chi connectivity index (χ1v) is 11.2. The monoisotopic (exact) mass is 464 g/mol.